The third-order valence-corrected chi connectivity index (χ3v) is 3.22. The third-order valence-electron chi connectivity index (χ3n) is 2.90. The molecule has 0 saturated heterocycles. The Morgan fingerprint density at radius 3 is 2.55 bits per heavy atom. The van der Waals surface area contributed by atoms with Crippen LogP contribution in [0.4, 0.5) is 4.39 Å². The average molecular weight is 331 g/mol. The number of halogens is 2. The monoisotopic (exact) mass is 330 g/mol. The maximum atomic E-state index is 13.6. The number of carbonyl (C=O) groups is 2. The van der Waals surface area contributed by atoms with E-state index in [2.05, 4.69) is 5.32 Å². The zero-order chi connectivity index (χ0) is 16.9. The summed E-state index contributed by atoms with van der Waals surface area (Å²) < 4.78 is 13.6. The summed E-state index contributed by atoms with van der Waals surface area (Å²) in [5.41, 5.74) is -1.33. The zero-order valence-electron chi connectivity index (χ0n) is 12.8. The number of hydrogen-bond acceptors (Lipinski definition) is 3. The molecule has 1 rings (SSSR count). The van der Waals surface area contributed by atoms with Crippen molar-refractivity contribution >= 4 is 23.4 Å². The van der Waals surface area contributed by atoms with Crippen molar-refractivity contribution in [2.75, 3.05) is 19.6 Å². The first-order valence-electron chi connectivity index (χ1n) is 6.88. The Bertz CT molecular complexity index is 538. The normalized spacial score (nSPS) is 11.2. The molecule has 5 nitrogen and oxygen atoms in total. The highest BCUT2D eigenvalue weighted by atomic mass is 35.5. The van der Waals surface area contributed by atoms with Crippen LogP contribution in [0.15, 0.2) is 18.2 Å². The van der Waals surface area contributed by atoms with Gasteiger partial charge in [-0.3, -0.25) is 9.59 Å². The van der Waals surface area contributed by atoms with Gasteiger partial charge in [-0.1, -0.05) is 17.7 Å². The van der Waals surface area contributed by atoms with Crippen LogP contribution in [-0.2, 0) is 4.79 Å². The lowest BCUT2D eigenvalue weighted by Crippen LogP contribution is -2.46. The summed E-state index contributed by atoms with van der Waals surface area (Å²) in [5, 5.41) is 12.1. The van der Waals surface area contributed by atoms with Gasteiger partial charge in [0.25, 0.3) is 5.91 Å². The standard InChI is InChI=1S/C15H20ClFN2O3/c1-4-19(9-15(2,3)22)12(20)8-18-14(21)13-10(16)6-5-7-11(13)17/h5-7,22H,4,8-9H2,1-3H3,(H,18,21). The lowest BCUT2D eigenvalue weighted by molar-refractivity contribution is -0.132. The van der Waals surface area contributed by atoms with Crippen LogP contribution in [0.2, 0.25) is 5.02 Å². The number of rotatable bonds is 6. The zero-order valence-corrected chi connectivity index (χ0v) is 13.6. The van der Waals surface area contributed by atoms with E-state index in [0.717, 1.165) is 6.07 Å². The highest BCUT2D eigenvalue weighted by Crippen LogP contribution is 2.18. The van der Waals surface area contributed by atoms with Crippen molar-refractivity contribution in [3.05, 3.63) is 34.6 Å². The van der Waals surface area contributed by atoms with Gasteiger partial charge in [0.2, 0.25) is 5.91 Å². The lowest BCUT2D eigenvalue weighted by atomic mass is 10.1. The number of likely N-dealkylation sites (N-methyl/N-ethyl adjacent to an activating group) is 1. The number of amides is 2. The summed E-state index contributed by atoms with van der Waals surface area (Å²) in [6.45, 7) is 5.16. The second-order valence-electron chi connectivity index (χ2n) is 5.50. The Balaban J connectivity index is 2.69. The highest BCUT2D eigenvalue weighted by molar-refractivity contribution is 6.33. The van der Waals surface area contributed by atoms with E-state index in [1.54, 1.807) is 20.8 Å². The lowest BCUT2D eigenvalue weighted by Gasteiger charge is -2.28. The minimum atomic E-state index is -1.04. The molecule has 0 fully saturated rings. The van der Waals surface area contributed by atoms with Crippen LogP contribution < -0.4 is 5.32 Å². The summed E-state index contributed by atoms with van der Waals surface area (Å²) in [6, 6.07) is 3.91. The van der Waals surface area contributed by atoms with E-state index in [9.17, 15) is 19.1 Å². The minimum Gasteiger partial charge on any atom is -0.389 e. The predicted octanol–water partition coefficient (Wildman–Crippen LogP) is 1.83. The molecule has 0 spiro atoms. The second kappa shape index (κ2) is 7.56. The van der Waals surface area contributed by atoms with E-state index in [0.29, 0.717) is 6.54 Å². The van der Waals surface area contributed by atoms with E-state index in [1.165, 1.54) is 17.0 Å². The Hall–Kier alpha value is -1.66. The fourth-order valence-corrected chi connectivity index (χ4v) is 2.16. The van der Waals surface area contributed by atoms with E-state index in [1.807, 2.05) is 0 Å². The van der Waals surface area contributed by atoms with Crippen LogP contribution in [0, 0.1) is 5.82 Å². The van der Waals surface area contributed by atoms with Crippen LogP contribution in [0.25, 0.3) is 0 Å². The molecule has 0 saturated carbocycles. The van der Waals surface area contributed by atoms with Crippen molar-refractivity contribution in [1.82, 2.24) is 10.2 Å². The SMILES string of the molecule is CCN(CC(C)(C)O)C(=O)CNC(=O)c1c(F)cccc1Cl. The highest BCUT2D eigenvalue weighted by Gasteiger charge is 2.22. The molecule has 0 atom stereocenters. The summed E-state index contributed by atoms with van der Waals surface area (Å²) in [5.74, 6) is -1.87. The van der Waals surface area contributed by atoms with Gasteiger partial charge in [0.1, 0.15) is 5.82 Å². The largest absolute Gasteiger partial charge is 0.389 e. The molecule has 122 valence electrons. The fourth-order valence-electron chi connectivity index (χ4n) is 1.91. The van der Waals surface area contributed by atoms with Gasteiger partial charge in [-0.25, -0.2) is 4.39 Å². The van der Waals surface area contributed by atoms with Crippen LogP contribution in [0.5, 0.6) is 0 Å². The van der Waals surface area contributed by atoms with Crippen LogP contribution in [-0.4, -0.2) is 47.1 Å². The van der Waals surface area contributed by atoms with E-state index < -0.39 is 17.3 Å². The molecule has 2 amide bonds. The number of hydrogen-bond donors (Lipinski definition) is 2. The molecule has 0 radical (unpaired) electrons. The van der Waals surface area contributed by atoms with Gasteiger partial charge in [-0.05, 0) is 32.9 Å². The maximum Gasteiger partial charge on any atom is 0.256 e. The Labute approximate surface area is 134 Å². The summed E-state index contributed by atoms with van der Waals surface area (Å²) in [4.78, 5) is 25.4. The van der Waals surface area contributed by atoms with Gasteiger partial charge in [0.15, 0.2) is 0 Å². The van der Waals surface area contributed by atoms with Crippen LogP contribution in [0.3, 0.4) is 0 Å². The van der Waals surface area contributed by atoms with Gasteiger partial charge in [-0.15, -0.1) is 0 Å². The molecule has 2 N–H and O–H groups in total. The molecule has 22 heavy (non-hydrogen) atoms. The number of nitrogens with zero attached hydrogens (tertiary/aromatic N) is 1. The first-order valence-corrected chi connectivity index (χ1v) is 7.26. The topological polar surface area (TPSA) is 69.6 Å². The van der Waals surface area contributed by atoms with Gasteiger partial charge in [0.05, 0.1) is 22.7 Å². The number of aliphatic hydroxyl groups is 1. The molecule has 1 aromatic carbocycles. The van der Waals surface area contributed by atoms with Crippen molar-refractivity contribution in [3.63, 3.8) is 0 Å². The number of nitrogens with one attached hydrogen (secondary N) is 1. The van der Waals surface area contributed by atoms with Crippen LogP contribution >= 0.6 is 11.6 Å². The van der Waals surface area contributed by atoms with Crippen molar-refractivity contribution in [2.24, 2.45) is 0 Å². The molecular formula is C15H20ClFN2O3. The summed E-state index contributed by atoms with van der Waals surface area (Å²) in [6.07, 6.45) is 0. The molecule has 7 heteroatoms. The first kappa shape index (κ1) is 18.4. The fraction of sp³-hybridized carbons (Fsp3) is 0.467. The minimum absolute atomic E-state index is 0.0196. The molecule has 0 unspecified atom stereocenters. The molecule has 0 heterocycles. The molecular weight excluding hydrogens is 311 g/mol. The first-order chi connectivity index (χ1) is 10.2. The van der Waals surface area contributed by atoms with Crippen molar-refractivity contribution in [1.29, 1.82) is 0 Å². The second-order valence-corrected chi connectivity index (χ2v) is 5.91. The predicted molar refractivity (Wildman–Crippen MR) is 82.3 cm³/mol. The summed E-state index contributed by atoms with van der Waals surface area (Å²) in [7, 11) is 0. The molecule has 0 aliphatic rings. The van der Waals surface area contributed by atoms with Gasteiger partial charge < -0.3 is 15.3 Å². The smallest absolute Gasteiger partial charge is 0.256 e. The van der Waals surface area contributed by atoms with Gasteiger partial charge in [-0.2, -0.15) is 0 Å². The quantitative estimate of drug-likeness (QED) is 0.836. The van der Waals surface area contributed by atoms with Gasteiger partial charge in [0, 0.05) is 13.1 Å². The van der Waals surface area contributed by atoms with Crippen molar-refractivity contribution in [3.8, 4) is 0 Å². The van der Waals surface area contributed by atoms with Crippen molar-refractivity contribution < 1.29 is 19.1 Å². The molecule has 0 bridgehead atoms. The van der Waals surface area contributed by atoms with Gasteiger partial charge >= 0.3 is 0 Å². The van der Waals surface area contributed by atoms with E-state index in [-0.39, 0.29) is 29.6 Å². The third kappa shape index (κ3) is 5.27. The van der Waals surface area contributed by atoms with Crippen molar-refractivity contribution in [2.45, 2.75) is 26.4 Å². The molecule has 0 aromatic heterocycles. The molecule has 0 aliphatic heterocycles. The molecule has 1 aromatic rings. The van der Waals surface area contributed by atoms with E-state index in [4.69, 9.17) is 11.6 Å². The molecule has 0 aliphatic carbocycles. The number of benzene rings is 1. The average Bonchev–Trinajstić information content (AvgIpc) is 2.41. The number of carbonyl (C=O) groups excluding carboxylic acids is 2. The van der Waals surface area contributed by atoms with Crippen LogP contribution in [0.1, 0.15) is 31.1 Å². The Kier molecular flexibility index (Phi) is 6.32. The summed E-state index contributed by atoms with van der Waals surface area (Å²) >= 11 is 5.79. The Morgan fingerprint density at radius 1 is 1.41 bits per heavy atom. The maximum absolute atomic E-state index is 13.6. The van der Waals surface area contributed by atoms with E-state index >= 15 is 0 Å². The Morgan fingerprint density at radius 2 is 2.05 bits per heavy atom.